The van der Waals surface area contributed by atoms with Gasteiger partial charge in [0, 0.05) is 45.0 Å². The number of fused-ring (bicyclic) bond motifs is 4. The van der Waals surface area contributed by atoms with Gasteiger partial charge in [0.1, 0.15) is 0 Å². The monoisotopic (exact) mass is 808 g/mol. The maximum atomic E-state index is 2.53. The van der Waals surface area contributed by atoms with Crippen molar-refractivity contribution in [2.45, 2.75) is 38.5 Å². The van der Waals surface area contributed by atoms with Gasteiger partial charge in [-0.2, -0.15) is 0 Å². The van der Waals surface area contributed by atoms with Crippen molar-refractivity contribution in [1.29, 1.82) is 0 Å². The molecule has 0 aromatic heterocycles. The Kier molecular flexibility index (Phi) is 9.32. The van der Waals surface area contributed by atoms with Crippen LogP contribution in [0, 0.1) is 0 Å². The molecule has 2 nitrogen and oxygen atoms in total. The molecule has 2 aliphatic heterocycles. The summed E-state index contributed by atoms with van der Waals surface area (Å²) in [6.07, 6.45) is 0. The van der Waals surface area contributed by atoms with Crippen LogP contribution in [0.5, 0.6) is 0 Å². The van der Waals surface area contributed by atoms with E-state index in [-0.39, 0.29) is 17.5 Å². The van der Waals surface area contributed by atoms with Gasteiger partial charge in [-0.05, 0) is 109 Å². The largest absolute Gasteiger partial charge is 0.311 e. The predicted molar refractivity (Wildman–Crippen MR) is 268 cm³/mol. The summed E-state index contributed by atoms with van der Waals surface area (Å²) in [5, 5.41) is 0. The molecular weight excluding hydrogens is 759 g/mol. The van der Waals surface area contributed by atoms with E-state index < -0.39 is 0 Å². The molecule has 2 heterocycles. The van der Waals surface area contributed by atoms with Gasteiger partial charge in [-0.3, -0.25) is 0 Å². The third kappa shape index (κ3) is 6.50. The smallest absolute Gasteiger partial charge is 0.252 e. The Balaban J connectivity index is 1.19. The van der Waals surface area contributed by atoms with Crippen molar-refractivity contribution in [3.8, 4) is 22.3 Å². The standard InChI is InChI=1S/C60H49BN2/c1-59(2,46-26-13-7-14-27-46)48-34-36-54-52(40-48)61-53-41-49(60(3,4)47-28-15-8-16-29-47)35-37-55(53)63(51-31-18-25-45(39-51)43-22-11-6-12-23-43)57-33-19-32-56(58(57)61)62(54)50-30-17-24-44(38-50)42-20-9-5-10-21-42/h5-41H,1-4H3. The highest BCUT2D eigenvalue weighted by Crippen LogP contribution is 2.46. The summed E-state index contributed by atoms with van der Waals surface area (Å²) in [6.45, 7) is 9.43. The molecule has 0 saturated heterocycles. The van der Waals surface area contributed by atoms with Gasteiger partial charge in [0.15, 0.2) is 0 Å². The lowest BCUT2D eigenvalue weighted by molar-refractivity contribution is 0.641. The van der Waals surface area contributed by atoms with E-state index in [9.17, 15) is 0 Å². The number of benzene rings is 9. The van der Waals surface area contributed by atoms with Crippen LogP contribution < -0.4 is 26.2 Å². The molecule has 9 aromatic rings. The molecule has 63 heavy (non-hydrogen) atoms. The summed E-state index contributed by atoms with van der Waals surface area (Å²) < 4.78 is 0. The SMILES string of the molecule is CC(C)(c1ccccc1)c1ccc2c(c1)B1c3cc(C(C)(C)c4ccccc4)ccc3N(c3cccc(-c4ccccc4)c3)c3cccc(c31)N2c1cccc(-c2ccccc2)c1. The lowest BCUT2D eigenvalue weighted by Crippen LogP contribution is -2.61. The molecule has 302 valence electrons. The zero-order valence-corrected chi connectivity index (χ0v) is 36.3. The Morgan fingerprint density at radius 2 is 0.667 bits per heavy atom. The van der Waals surface area contributed by atoms with Gasteiger partial charge in [-0.15, -0.1) is 0 Å². The van der Waals surface area contributed by atoms with Crippen LogP contribution in [-0.2, 0) is 10.8 Å². The Bertz CT molecular complexity index is 2910. The first kappa shape index (κ1) is 38.6. The number of nitrogens with zero attached hydrogens (tertiary/aromatic N) is 2. The van der Waals surface area contributed by atoms with E-state index >= 15 is 0 Å². The molecule has 0 bridgehead atoms. The molecule has 0 saturated carbocycles. The normalized spacial score (nSPS) is 13.0. The second kappa shape index (κ2) is 15.2. The minimum atomic E-state index is -0.229. The van der Waals surface area contributed by atoms with Gasteiger partial charge in [-0.25, -0.2) is 0 Å². The quantitative estimate of drug-likeness (QED) is 0.141. The van der Waals surface area contributed by atoms with Crippen molar-refractivity contribution in [2.75, 3.05) is 9.80 Å². The van der Waals surface area contributed by atoms with E-state index in [2.05, 4.69) is 262 Å². The van der Waals surface area contributed by atoms with Crippen LogP contribution in [0.4, 0.5) is 34.1 Å². The van der Waals surface area contributed by atoms with Crippen molar-refractivity contribution >= 4 is 57.2 Å². The first-order valence-corrected chi connectivity index (χ1v) is 22.2. The number of rotatable bonds is 8. The van der Waals surface area contributed by atoms with E-state index in [1.54, 1.807) is 0 Å². The minimum Gasteiger partial charge on any atom is -0.311 e. The average Bonchev–Trinajstić information content (AvgIpc) is 3.34. The second-order valence-electron chi connectivity index (χ2n) is 18.2. The molecule has 0 unspecified atom stereocenters. The van der Waals surface area contributed by atoms with Gasteiger partial charge in [-0.1, -0.05) is 204 Å². The van der Waals surface area contributed by atoms with E-state index in [0.717, 1.165) is 11.4 Å². The third-order valence-electron chi connectivity index (χ3n) is 13.8. The molecule has 3 heteroatoms. The summed E-state index contributed by atoms with van der Waals surface area (Å²) in [4.78, 5) is 5.05. The van der Waals surface area contributed by atoms with Gasteiger partial charge in [0.05, 0.1) is 0 Å². The summed E-state index contributed by atoms with van der Waals surface area (Å²) >= 11 is 0. The fourth-order valence-corrected chi connectivity index (χ4v) is 10.2. The molecule has 0 N–H and O–H groups in total. The fraction of sp³-hybridized carbons (Fsp3) is 0.100. The Morgan fingerprint density at radius 1 is 0.302 bits per heavy atom. The number of anilines is 6. The van der Waals surface area contributed by atoms with Gasteiger partial charge < -0.3 is 9.80 Å². The van der Waals surface area contributed by atoms with Crippen LogP contribution in [0.1, 0.15) is 49.9 Å². The topological polar surface area (TPSA) is 6.48 Å². The van der Waals surface area contributed by atoms with Gasteiger partial charge in [0.2, 0.25) is 0 Å². The van der Waals surface area contributed by atoms with Crippen molar-refractivity contribution in [3.63, 3.8) is 0 Å². The molecule has 0 spiro atoms. The molecule has 0 fully saturated rings. The van der Waals surface area contributed by atoms with Crippen molar-refractivity contribution in [3.05, 3.63) is 247 Å². The lowest BCUT2D eigenvalue weighted by Gasteiger charge is -2.45. The lowest BCUT2D eigenvalue weighted by atomic mass is 9.33. The summed E-state index contributed by atoms with van der Waals surface area (Å²) in [5.41, 5.74) is 20.6. The van der Waals surface area contributed by atoms with E-state index in [4.69, 9.17) is 0 Å². The predicted octanol–water partition coefficient (Wildman–Crippen LogP) is 13.8. The van der Waals surface area contributed by atoms with E-state index in [1.807, 2.05) is 0 Å². The zero-order valence-electron chi connectivity index (χ0n) is 36.3. The molecule has 2 aliphatic rings. The summed E-state index contributed by atoms with van der Waals surface area (Å²) in [5.74, 6) is 0. The van der Waals surface area contributed by atoms with Crippen LogP contribution in [0.3, 0.4) is 0 Å². The van der Waals surface area contributed by atoms with Gasteiger partial charge in [0.25, 0.3) is 6.71 Å². The first-order valence-electron chi connectivity index (χ1n) is 22.2. The van der Waals surface area contributed by atoms with Crippen LogP contribution in [0.25, 0.3) is 22.3 Å². The van der Waals surface area contributed by atoms with Crippen LogP contribution >= 0.6 is 0 Å². The summed E-state index contributed by atoms with van der Waals surface area (Å²) in [6, 6.07) is 83.1. The Labute approximate surface area is 372 Å². The molecule has 0 atom stereocenters. The third-order valence-corrected chi connectivity index (χ3v) is 13.8. The fourth-order valence-electron chi connectivity index (χ4n) is 10.2. The van der Waals surface area contributed by atoms with Crippen LogP contribution in [-0.4, -0.2) is 6.71 Å². The van der Waals surface area contributed by atoms with Crippen molar-refractivity contribution in [2.24, 2.45) is 0 Å². The first-order chi connectivity index (χ1) is 30.8. The molecule has 9 aromatic carbocycles. The zero-order chi connectivity index (χ0) is 42.7. The highest BCUT2D eigenvalue weighted by molar-refractivity contribution is 7.00. The van der Waals surface area contributed by atoms with Crippen molar-refractivity contribution < 1.29 is 0 Å². The van der Waals surface area contributed by atoms with E-state index in [0.29, 0.717) is 0 Å². The van der Waals surface area contributed by atoms with Gasteiger partial charge >= 0.3 is 0 Å². The summed E-state index contributed by atoms with van der Waals surface area (Å²) in [7, 11) is 0. The Hall–Kier alpha value is -7.36. The maximum Gasteiger partial charge on any atom is 0.252 e. The molecule has 0 radical (unpaired) electrons. The molecule has 0 amide bonds. The maximum absolute atomic E-state index is 2.53. The minimum absolute atomic E-state index is 0.0265. The molecule has 0 aliphatic carbocycles. The Morgan fingerprint density at radius 3 is 1.08 bits per heavy atom. The number of hydrogen-bond acceptors (Lipinski definition) is 2. The second-order valence-corrected chi connectivity index (χ2v) is 18.2. The highest BCUT2D eigenvalue weighted by Gasteiger charge is 2.44. The average molecular weight is 809 g/mol. The highest BCUT2D eigenvalue weighted by atomic mass is 15.2. The van der Waals surface area contributed by atoms with Crippen LogP contribution in [0.2, 0.25) is 0 Å². The molecule has 11 rings (SSSR count). The number of hydrogen-bond donors (Lipinski definition) is 0. The van der Waals surface area contributed by atoms with E-state index in [1.165, 1.54) is 83.6 Å². The van der Waals surface area contributed by atoms with Crippen molar-refractivity contribution in [1.82, 2.24) is 0 Å². The van der Waals surface area contributed by atoms with Crippen LogP contribution in [0.15, 0.2) is 224 Å². The molecular formula is C60H49BN2.